The second-order valence-electron chi connectivity index (χ2n) is 8.36. The molecule has 2 aliphatic rings. The van der Waals surface area contributed by atoms with Gasteiger partial charge in [0.1, 0.15) is 11.9 Å². The fourth-order valence-electron chi connectivity index (χ4n) is 4.16. The summed E-state index contributed by atoms with van der Waals surface area (Å²) in [5, 5.41) is 6.57. The molecule has 0 bridgehead atoms. The van der Waals surface area contributed by atoms with E-state index in [4.69, 9.17) is 4.74 Å². The van der Waals surface area contributed by atoms with Crippen LogP contribution in [0.5, 0.6) is 0 Å². The van der Waals surface area contributed by atoms with Crippen LogP contribution in [0.1, 0.15) is 45.6 Å². The van der Waals surface area contributed by atoms with Crippen LogP contribution in [-0.4, -0.2) is 70.7 Å². The highest BCUT2D eigenvalue weighted by Gasteiger charge is 2.32. The Kier molecular flexibility index (Phi) is 6.36. The van der Waals surface area contributed by atoms with Crippen LogP contribution < -0.4 is 5.56 Å². The minimum atomic E-state index is -0.584. The van der Waals surface area contributed by atoms with E-state index in [1.165, 1.54) is 6.07 Å². The number of aromatic nitrogens is 2. The predicted molar refractivity (Wildman–Crippen MR) is 115 cm³/mol. The Bertz CT molecular complexity index is 1090. The van der Waals surface area contributed by atoms with Crippen LogP contribution in [0.4, 0.5) is 4.39 Å². The van der Waals surface area contributed by atoms with Crippen molar-refractivity contribution in [3.05, 3.63) is 62.3 Å². The number of aromatic amines is 1. The van der Waals surface area contributed by atoms with Gasteiger partial charge in [0.2, 0.25) is 0 Å². The summed E-state index contributed by atoms with van der Waals surface area (Å²) in [5.74, 6) is -1.00. The highest BCUT2D eigenvalue weighted by molar-refractivity contribution is 5.95. The van der Waals surface area contributed by atoms with Crippen molar-refractivity contribution in [3.63, 3.8) is 0 Å². The largest absolute Gasteiger partial charge is 0.368 e. The first-order valence-corrected chi connectivity index (χ1v) is 10.9. The maximum atomic E-state index is 14.5. The normalized spacial score (nSPS) is 18.8. The Hall–Kier alpha value is -3.07. The summed E-state index contributed by atoms with van der Waals surface area (Å²) in [5.41, 5.74) is 2.53. The molecule has 9 heteroatoms. The lowest BCUT2D eigenvalue weighted by Crippen LogP contribution is -2.52. The number of ether oxygens (including phenoxy) is 1. The van der Waals surface area contributed by atoms with Crippen LogP contribution in [0, 0.1) is 19.7 Å². The average Bonchev–Trinajstić information content (AvgIpc) is 3.35. The van der Waals surface area contributed by atoms with Crippen LogP contribution in [-0.2, 0) is 16.0 Å². The van der Waals surface area contributed by atoms with Gasteiger partial charge in [0, 0.05) is 44.8 Å². The van der Waals surface area contributed by atoms with E-state index in [0.717, 1.165) is 24.0 Å². The van der Waals surface area contributed by atoms with E-state index in [2.05, 4.69) is 10.2 Å². The first kappa shape index (κ1) is 22.1. The van der Waals surface area contributed by atoms with Gasteiger partial charge in [-0.3, -0.25) is 14.4 Å². The van der Waals surface area contributed by atoms with Crippen LogP contribution in [0.25, 0.3) is 0 Å². The molecule has 0 spiro atoms. The lowest BCUT2D eigenvalue weighted by Gasteiger charge is -2.35. The van der Waals surface area contributed by atoms with E-state index >= 15 is 0 Å². The summed E-state index contributed by atoms with van der Waals surface area (Å²) in [6.07, 6.45) is 1.62. The lowest BCUT2D eigenvalue weighted by atomic mass is 10.0. The predicted octanol–water partition coefficient (Wildman–Crippen LogP) is 1.58. The Balaban J connectivity index is 1.44. The number of H-pyrrole nitrogens is 1. The SMILES string of the molecule is Cc1c(Cc2ccc(F)c(C(=O)N3CCN(C(=O)C4CCCO4)CC3)c2)n[nH]c(=O)c1C. The number of nitrogens with one attached hydrogen (secondary N) is 1. The maximum absolute atomic E-state index is 14.5. The van der Waals surface area contributed by atoms with E-state index in [1.54, 1.807) is 28.9 Å². The molecular weight excluding hydrogens is 415 g/mol. The minimum absolute atomic E-state index is 0.000187. The van der Waals surface area contributed by atoms with Gasteiger partial charge >= 0.3 is 0 Å². The van der Waals surface area contributed by atoms with Crippen LogP contribution in [0.3, 0.4) is 0 Å². The van der Waals surface area contributed by atoms with Gasteiger partial charge < -0.3 is 14.5 Å². The standard InChI is InChI=1S/C23H27FN4O4/c1-14-15(2)21(29)26-25-19(14)13-16-5-6-18(24)17(12-16)22(30)27-7-9-28(10-8-27)23(31)20-4-3-11-32-20/h5-6,12,20H,3-4,7-11,13H2,1-2H3,(H,26,29). The molecule has 1 N–H and O–H groups in total. The van der Waals surface area contributed by atoms with Gasteiger partial charge in [0.05, 0.1) is 11.3 Å². The molecule has 32 heavy (non-hydrogen) atoms. The average molecular weight is 442 g/mol. The molecule has 1 aromatic carbocycles. The third-order valence-electron chi connectivity index (χ3n) is 6.34. The summed E-state index contributed by atoms with van der Waals surface area (Å²) >= 11 is 0. The van der Waals surface area contributed by atoms with Gasteiger partial charge in [0.25, 0.3) is 17.4 Å². The molecule has 0 saturated carbocycles. The highest BCUT2D eigenvalue weighted by atomic mass is 19.1. The number of piperazine rings is 1. The smallest absolute Gasteiger partial charge is 0.267 e. The second-order valence-corrected chi connectivity index (χ2v) is 8.36. The Labute approximate surface area is 185 Å². The van der Waals surface area contributed by atoms with Gasteiger partial charge in [-0.05, 0) is 49.9 Å². The van der Waals surface area contributed by atoms with Crippen molar-refractivity contribution >= 4 is 11.8 Å². The molecule has 8 nitrogen and oxygen atoms in total. The quantitative estimate of drug-likeness (QED) is 0.776. The van der Waals surface area contributed by atoms with Crippen molar-refractivity contribution in [2.75, 3.05) is 32.8 Å². The summed E-state index contributed by atoms with van der Waals surface area (Å²) in [7, 11) is 0. The molecule has 3 heterocycles. The fourth-order valence-corrected chi connectivity index (χ4v) is 4.16. The highest BCUT2D eigenvalue weighted by Crippen LogP contribution is 2.20. The molecule has 2 aliphatic heterocycles. The zero-order chi connectivity index (χ0) is 22.8. The van der Waals surface area contributed by atoms with E-state index in [-0.39, 0.29) is 23.1 Å². The molecule has 0 aliphatic carbocycles. The molecule has 1 atom stereocenters. The number of nitrogens with zero attached hydrogens (tertiary/aromatic N) is 3. The summed E-state index contributed by atoms with van der Waals surface area (Å²) in [6.45, 7) is 5.67. The molecule has 2 amide bonds. The van der Waals surface area contributed by atoms with Gasteiger partial charge in [-0.2, -0.15) is 5.10 Å². The van der Waals surface area contributed by atoms with Crippen molar-refractivity contribution in [3.8, 4) is 0 Å². The molecule has 2 saturated heterocycles. The van der Waals surface area contributed by atoms with Crippen molar-refractivity contribution in [2.24, 2.45) is 0 Å². The Morgan fingerprint density at radius 1 is 1.16 bits per heavy atom. The minimum Gasteiger partial charge on any atom is -0.368 e. The first-order valence-electron chi connectivity index (χ1n) is 10.9. The van der Waals surface area contributed by atoms with Crippen molar-refractivity contribution in [2.45, 2.75) is 39.2 Å². The topological polar surface area (TPSA) is 95.6 Å². The maximum Gasteiger partial charge on any atom is 0.267 e. The summed E-state index contributed by atoms with van der Waals surface area (Å²) in [6, 6.07) is 4.45. The number of carbonyl (C=O) groups excluding carboxylic acids is 2. The third-order valence-corrected chi connectivity index (χ3v) is 6.34. The zero-order valence-corrected chi connectivity index (χ0v) is 18.3. The second kappa shape index (κ2) is 9.20. The summed E-state index contributed by atoms with van der Waals surface area (Å²) < 4.78 is 20.0. The summed E-state index contributed by atoms with van der Waals surface area (Å²) in [4.78, 5) is 40.5. The Morgan fingerprint density at radius 3 is 2.56 bits per heavy atom. The molecule has 0 radical (unpaired) electrons. The monoisotopic (exact) mass is 442 g/mol. The van der Waals surface area contributed by atoms with Crippen molar-refractivity contribution in [1.29, 1.82) is 0 Å². The molecule has 1 aromatic heterocycles. The van der Waals surface area contributed by atoms with Crippen molar-refractivity contribution < 1.29 is 18.7 Å². The van der Waals surface area contributed by atoms with Crippen LogP contribution in [0.15, 0.2) is 23.0 Å². The molecule has 4 rings (SSSR count). The number of amides is 2. The van der Waals surface area contributed by atoms with E-state index < -0.39 is 11.7 Å². The molecule has 170 valence electrons. The van der Waals surface area contributed by atoms with Crippen LogP contribution in [0.2, 0.25) is 0 Å². The number of hydrogen-bond acceptors (Lipinski definition) is 5. The molecule has 1 unspecified atom stereocenters. The first-order chi connectivity index (χ1) is 15.3. The van der Waals surface area contributed by atoms with E-state index in [0.29, 0.717) is 50.5 Å². The third kappa shape index (κ3) is 4.43. The van der Waals surface area contributed by atoms with E-state index in [1.807, 2.05) is 6.92 Å². The van der Waals surface area contributed by atoms with Crippen LogP contribution >= 0.6 is 0 Å². The van der Waals surface area contributed by atoms with E-state index in [9.17, 15) is 18.8 Å². The fraction of sp³-hybridized carbons (Fsp3) is 0.478. The number of benzene rings is 1. The Morgan fingerprint density at radius 2 is 1.88 bits per heavy atom. The molecular formula is C23H27FN4O4. The number of halogens is 1. The number of hydrogen-bond donors (Lipinski definition) is 1. The van der Waals surface area contributed by atoms with Gasteiger partial charge in [0.15, 0.2) is 0 Å². The molecule has 2 fully saturated rings. The zero-order valence-electron chi connectivity index (χ0n) is 18.3. The van der Waals surface area contributed by atoms with Gasteiger partial charge in [-0.1, -0.05) is 6.07 Å². The lowest BCUT2D eigenvalue weighted by molar-refractivity contribution is -0.142. The number of carbonyl (C=O) groups is 2. The number of rotatable bonds is 4. The van der Waals surface area contributed by atoms with Gasteiger partial charge in [-0.15, -0.1) is 0 Å². The van der Waals surface area contributed by atoms with Gasteiger partial charge in [-0.25, -0.2) is 9.49 Å². The molecule has 2 aromatic rings. The van der Waals surface area contributed by atoms with Crippen molar-refractivity contribution in [1.82, 2.24) is 20.0 Å².